The summed E-state index contributed by atoms with van der Waals surface area (Å²) in [5.74, 6) is -2.94. The van der Waals surface area contributed by atoms with Gasteiger partial charge in [0.05, 0.1) is 30.5 Å². The fourth-order valence-corrected chi connectivity index (χ4v) is 11.9. The number of aliphatic hydroxyl groups is 4. The molecule has 0 radical (unpaired) electrons. The van der Waals surface area contributed by atoms with E-state index in [0.29, 0.717) is 25.1 Å². The minimum Gasteiger partial charge on any atom is -0.455 e. The van der Waals surface area contributed by atoms with Crippen LogP contribution < -0.4 is 0 Å². The van der Waals surface area contributed by atoms with Crippen molar-refractivity contribution in [1.29, 1.82) is 0 Å². The van der Waals surface area contributed by atoms with Gasteiger partial charge in [-0.15, -0.1) is 0 Å². The molecule has 5 saturated carbocycles. The molecule has 43 heavy (non-hydrogen) atoms. The van der Waals surface area contributed by atoms with Crippen molar-refractivity contribution < 1.29 is 48.9 Å². The van der Waals surface area contributed by atoms with Gasteiger partial charge in [0.2, 0.25) is 0 Å². The number of fused-ring (bicyclic) bond motifs is 2. The highest BCUT2D eigenvalue weighted by molar-refractivity contribution is 5.89. The van der Waals surface area contributed by atoms with Gasteiger partial charge in [-0.1, -0.05) is 25.1 Å². The summed E-state index contributed by atoms with van der Waals surface area (Å²) in [6.45, 7) is 3.46. The highest BCUT2D eigenvalue weighted by Gasteiger charge is 2.91. The number of nitrogens with zero attached hydrogens (tertiary/aromatic N) is 1. The minimum absolute atomic E-state index is 0.106. The van der Waals surface area contributed by atoms with Gasteiger partial charge in [0.1, 0.15) is 29.5 Å². The molecule has 0 aromatic heterocycles. The summed E-state index contributed by atoms with van der Waals surface area (Å²) < 4.78 is 30.5. The first-order valence-electron chi connectivity index (χ1n) is 15.5. The van der Waals surface area contributed by atoms with Crippen LogP contribution in [0.4, 0.5) is 0 Å². The van der Waals surface area contributed by atoms with Gasteiger partial charge in [-0.3, -0.25) is 4.90 Å². The first kappa shape index (κ1) is 30.0. The van der Waals surface area contributed by atoms with Gasteiger partial charge in [0.15, 0.2) is 0 Å². The van der Waals surface area contributed by atoms with Gasteiger partial charge in [-0.25, -0.2) is 4.79 Å². The van der Waals surface area contributed by atoms with Crippen molar-refractivity contribution in [1.82, 2.24) is 4.90 Å². The van der Waals surface area contributed by atoms with E-state index in [4.69, 9.17) is 23.7 Å². The Morgan fingerprint density at radius 3 is 2.33 bits per heavy atom. The molecule has 4 N–H and O–H groups in total. The van der Waals surface area contributed by atoms with Gasteiger partial charge in [0.25, 0.3) is 0 Å². The van der Waals surface area contributed by atoms with Crippen LogP contribution in [0, 0.1) is 34.5 Å². The van der Waals surface area contributed by atoms with Crippen molar-refractivity contribution in [2.24, 2.45) is 34.5 Å². The Bertz CT molecular complexity index is 1250. The Morgan fingerprint density at radius 2 is 1.72 bits per heavy atom. The van der Waals surface area contributed by atoms with Gasteiger partial charge in [-0.2, -0.15) is 0 Å². The maximum atomic E-state index is 13.6. The van der Waals surface area contributed by atoms with Crippen LogP contribution in [0.1, 0.15) is 30.1 Å². The van der Waals surface area contributed by atoms with Gasteiger partial charge >= 0.3 is 5.97 Å². The summed E-state index contributed by atoms with van der Waals surface area (Å²) in [5.41, 5.74) is -4.81. The number of hydrogen-bond acceptors (Lipinski definition) is 11. The van der Waals surface area contributed by atoms with Gasteiger partial charge in [-0.05, 0) is 31.0 Å². The standard InChI is InChI=1S/C32H45NO10/c1-6-33-14-29(15-39-2)18(34)12-19(40-3)31-17-13-30(37)26(43-28(36)16-10-8-7-9-11-16)20(17)32(38,25(35)27(30)42-5)21(24(31)33)22(41-4)23(29)31/h7-11,17-27,34-35,37-38H,6,12-15H2,1-5H3/t17-,18-,19+,20-,21?,22+,23-,24-,25+,26-,27+,29+,30-,31+,32-/m1/s1. The van der Waals surface area contributed by atoms with E-state index in [2.05, 4.69) is 11.8 Å². The molecule has 238 valence electrons. The van der Waals surface area contributed by atoms with Gasteiger partial charge in [0, 0.05) is 76.0 Å². The lowest BCUT2D eigenvalue weighted by Gasteiger charge is -2.70. The average molecular weight is 604 g/mol. The number of carbonyl (C=O) groups is 1. The lowest BCUT2D eigenvalue weighted by atomic mass is 9.42. The molecule has 15 atom stereocenters. The van der Waals surface area contributed by atoms with Crippen LogP contribution >= 0.6 is 0 Å². The lowest BCUT2D eigenvalue weighted by molar-refractivity contribution is -0.320. The molecule has 6 aliphatic rings. The van der Waals surface area contributed by atoms with E-state index in [-0.39, 0.29) is 25.0 Å². The number of benzene rings is 1. The van der Waals surface area contributed by atoms with E-state index in [1.165, 1.54) is 7.11 Å². The normalized spacial score (nSPS) is 52.7. The fourth-order valence-electron chi connectivity index (χ4n) is 11.9. The second-order valence-electron chi connectivity index (χ2n) is 13.9. The summed E-state index contributed by atoms with van der Waals surface area (Å²) >= 11 is 0. The zero-order valence-corrected chi connectivity index (χ0v) is 25.5. The van der Waals surface area contributed by atoms with Crippen molar-refractivity contribution >= 4 is 5.97 Å². The molecule has 7 rings (SSSR count). The molecule has 7 bridgehead atoms. The first-order valence-corrected chi connectivity index (χ1v) is 15.5. The van der Waals surface area contributed by atoms with Crippen LogP contribution in [0.2, 0.25) is 0 Å². The number of carbonyl (C=O) groups excluding carboxylic acids is 1. The third-order valence-electron chi connectivity index (χ3n) is 12.9. The topological polar surface area (TPSA) is 147 Å². The molecular formula is C32H45NO10. The second kappa shape index (κ2) is 9.91. The first-order chi connectivity index (χ1) is 20.6. The molecule has 5 aliphatic carbocycles. The fraction of sp³-hybridized carbons (Fsp3) is 0.781. The zero-order valence-electron chi connectivity index (χ0n) is 25.5. The molecule has 1 aromatic rings. The second-order valence-corrected chi connectivity index (χ2v) is 13.9. The molecule has 1 saturated heterocycles. The number of hydrogen-bond donors (Lipinski definition) is 4. The Hall–Kier alpha value is -1.67. The molecular weight excluding hydrogens is 558 g/mol. The highest BCUT2D eigenvalue weighted by Crippen LogP contribution is 2.80. The molecule has 1 spiro atoms. The summed E-state index contributed by atoms with van der Waals surface area (Å²) in [7, 11) is 6.29. The van der Waals surface area contributed by atoms with Crippen molar-refractivity contribution in [3.8, 4) is 0 Å². The Kier molecular flexibility index (Phi) is 6.92. The summed E-state index contributed by atoms with van der Waals surface area (Å²) in [4.78, 5) is 15.8. The summed E-state index contributed by atoms with van der Waals surface area (Å²) in [6, 6.07) is 8.25. The van der Waals surface area contributed by atoms with Crippen molar-refractivity contribution in [2.45, 2.75) is 73.6 Å². The number of ether oxygens (including phenoxy) is 5. The number of methoxy groups -OCH3 is 4. The van der Waals surface area contributed by atoms with E-state index in [1.54, 1.807) is 51.7 Å². The van der Waals surface area contributed by atoms with Crippen molar-refractivity contribution in [3.63, 3.8) is 0 Å². The number of esters is 1. The lowest BCUT2D eigenvalue weighted by Crippen LogP contribution is -2.81. The van der Waals surface area contributed by atoms with Crippen molar-refractivity contribution in [2.75, 3.05) is 48.1 Å². The molecule has 1 aliphatic heterocycles. The molecule has 6 fully saturated rings. The maximum Gasteiger partial charge on any atom is 0.338 e. The zero-order chi connectivity index (χ0) is 30.7. The molecule has 1 heterocycles. The molecule has 1 aromatic carbocycles. The highest BCUT2D eigenvalue weighted by atomic mass is 16.6. The maximum absolute atomic E-state index is 13.6. The number of piperidine rings is 1. The van der Waals surface area contributed by atoms with Crippen LogP contribution in [0.3, 0.4) is 0 Å². The predicted molar refractivity (Wildman–Crippen MR) is 151 cm³/mol. The third kappa shape index (κ3) is 3.28. The van der Waals surface area contributed by atoms with E-state index in [0.717, 1.165) is 0 Å². The molecule has 11 heteroatoms. The number of likely N-dealkylation sites (tertiary alicyclic amines) is 1. The molecule has 1 unspecified atom stereocenters. The Balaban J connectivity index is 1.48. The van der Waals surface area contributed by atoms with Crippen LogP contribution in [-0.4, -0.2) is 133 Å². The van der Waals surface area contributed by atoms with Crippen LogP contribution in [0.15, 0.2) is 30.3 Å². The van der Waals surface area contributed by atoms with Gasteiger partial charge < -0.3 is 44.1 Å². The largest absolute Gasteiger partial charge is 0.455 e. The minimum atomic E-state index is -1.86. The monoisotopic (exact) mass is 603 g/mol. The quantitative estimate of drug-likeness (QED) is 0.300. The van der Waals surface area contributed by atoms with E-state index in [1.807, 2.05) is 0 Å². The smallest absolute Gasteiger partial charge is 0.338 e. The van der Waals surface area contributed by atoms with E-state index in [9.17, 15) is 25.2 Å². The van der Waals surface area contributed by atoms with E-state index < -0.39 is 82.4 Å². The van der Waals surface area contributed by atoms with Crippen LogP contribution in [0.5, 0.6) is 0 Å². The summed E-state index contributed by atoms with van der Waals surface area (Å²) in [6.07, 6.45) is -5.27. The Labute approximate surface area is 252 Å². The third-order valence-corrected chi connectivity index (χ3v) is 12.9. The number of rotatable bonds is 8. The predicted octanol–water partition coefficient (Wildman–Crippen LogP) is 0.0773. The number of aliphatic hydroxyl groups excluding tert-OH is 2. The van der Waals surface area contributed by atoms with E-state index >= 15 is 0 Å². The van der Waals surface area contributed by atoms with Crippen LogP contribution in [-0.2, 0) is 23.7 Å². The molecule has 11 nitrogen and oxygen atoms in total. The molecule has 0 amide bonds. The summed E-state index contributed by atoms with van der Waals surface area (Å²) in [5, 5.41) is 49.7. The SMILES string of the molecule is CCN1C[C@]2(COC)[C@H](O)C[C@H](OC)[C@@]34[C@@H]5C[C@@]6(O)[C@H](OC(=O)c7ccccc7)[C@@H]5[C@@](O)(C([C@H](OC)[C@H]23)[C@@H]14)[C@@H](O)[C@@H]6OC. The van der Waals surface area contributed by atoms with Crippen molar-refractivity contribution in [3.05, 3.63) is 35.9 Å². The Morgan fingerprint density at radius 1 is 1.00 bits per heavy atom. The van der Waals surface area contributed by atoms with Crippen LogP contribution in [0.25, 0.3) is 0 Å². The average Bonchev–Trinajstić information content (AvgIpc) is 3.39.